The number of fused-ring (bicyclic) bond motifs is 1. The molecule has 11 heteroatoms. The molecule has 2 bridgehead atoms. The molecule has 1 saturated carbocycles. The fourth-order valence-electron chi connectivity index (χ4n) is 6.10. The molecular weight excluding hydrogens is 495 g/mol. The number of sulfonamides is 1. The topological polar surface area (TPSA) is 108 Å². The van der Waals surface area contributed by atoms with Gasteiger partial charge in [0.15, 0.2) is 0 Å². The van der Waals surface area contributed by atoms with E-state index in [0.717, 1.165) is 25.6 Å². The van der Waals surface area contributed by atoms with Gasteiger partial charge in [0.1, 0.15) is 5.75 Å². The summed E-state index contributed by atoms with van der Waals surface area (Å²) in [5.74, 6) is 0.879. The molecule has 0 spiro atoms. The Morgan fingerprint density at radius 3 is 2.47 bits per heavy atom. The van der Waals surface area contributed by atoms with Crippen LogP contribution in [0, 0.1) is 5.92 Å². The lowest BCUT2D eigenvalue weighted by Crippen LogP contribution is -2.59. The number of halogens is 3. The number of para-hydroxylation sites is 2. The maximum atomic E-state index is 11.7. The van der Waals surface area contributed by atoms with Crippen LogP contribution in [-0.4, -0.2) is 44.8 Å². The summed E-state index contributed by atoms with van der Waals surface area (Å²) < 4.78 is 57.2. The first-order valence-electron chi connectivity index (χ1n) is 11.9. The van der Waals surface area contributed by atoms with Crippen LogP contribution in [-0.2, 0) is 26.7 Å². The van der Waals surface area contributed by atoms with Crippen LogP contribution in [0.3, 0.4) is 0 Å². The molecule has 36 heavy (non-hydrogen) atoms. The fourth-order valence-corrected chi connectivity index (χ4v) is 6.68. The number of anilines is 3. The van der Waals surface area contributed by atoms with E-state index in [1.165, 1.54) is 36.8 Å². The monoisotopic (exact) mass is 525 g/mol. The zero-order valence-electron chi connectivity index (χ0n) is 19.9. The Kier molecular flexibility index (Phi) is 7.25. The molecule has 5 rings (SSSR count). The zero-order valence-corrected chi connectivity index (χ0v) is 20.7. The maximum Gasteiger partial charge on any atom is 0.446 e. The van der Waals surface area contributed by atoms with E-state index in [2.05, 4.69) is 21.4 Å². The molecule has 0 unspecified atom stereocenters. The van der Waals surface area contributed by atoms with E-state index in [-0.39, 0.29) is 11.2 Å². The Labute approximate surface area is 208 Å². The van der Waals surface area contributed by atoms with Crippen LogP contribution >= 0.6 is 0 Å². The molecular formula is C25H30F3N3O4S. The van der Waals surface area contributed by atoms with E-state index in [4.69, 9.17) is 4.79 Å². The summed E-state index contributed by atoms with van der Waals surface area (Å²) >= 11 is 0. The van der Waals surface area contributed by atoms with Gasteiger partial charge in [-0.1, -0.05) is 25.0 Å². The molecule has 2 aromatic carbocycles. The number of rotatable bonds is 4. The van der Waals surface area contributed by atoms with E-state index < -0.39 is 22.5 Å². The van der Waals surface area contributed by atoms with E-state index >= 15 is 0 Å². The van der Waals surface area contributed by atoms with Gasteiger partial charge >= 0.3 is 6.18 Å². The summed E-state index contributed by atoms with van der Waals surface area (Å²) in [4.78, 5) is 8.70. The maximum absolute atomic E-state index is 11.7. The van der Waals surface area contributed by atoms with Gasteiger partial charge in [0, 0.05) is 11.5 Å². The fraction of sp³-hybridized carbons (Fsp3) is 0.480. The number of piperidine rings is 1. The molecule has 7 nitrogen and oxygen atoms in total. The first-order chi connectivity index (χ1) is 16.9. The van der Waals surface area contributed by atoms with Crippen molar-refractivity contribution in [3.63, 3.8) is 0 Å². The summed E-state index contributed by atoms with van der Waals surface area (Å²) in [6.07, 6.45) is 2.56. The number of carbonyl (C=O) groups is 1. The molecule has 1 saturated heterocycles. The quantitative estimate of drug-likeness (QED) is 0.343. The van der Waals surface area contributed by atoms with Gasteiger partial charge in [-0.05, 0) is 73.5 Å². The highest BCUT2D eigenvalue weighted by Crippen LogP contribution is 2.55. The van der Waals surface area contributed by atoms with Crippen molar-refractivity contribution >= 4 is 33.4 Å². The van der Waals surface area contributed by atoms with Crippen molar-refractivity contribution < 1.29 is 31.5 Å². The lowest BCUT2D eigenvalue weighted by atomic mass is 9.53. The summed E-state index contributed by atoms with van der Waals surface area (Å²) in [7, 11) is -3.40. The molecule has 2 aromatic rings. The highest BCUT2D eigenvalue weighted by Gasteiger charge is 2.51. The number of phenols is 1. The number of phenolic OH excluding ortho intramolecular Hbond substituents is 1. The van der Waals surface area contributed by atoms with Crippen molar-refractivity contribution in [2.45, 2.75) is 56.2 Å². The van der Waals surface area contributed by atoms with Gasteiger partial charge in [-0.15, -0.1) is 0 Å². The van der Waals surface area contributed by atoms with E-state index in [0.29, 0.717) is 29.0 Å². The van der Waals surface area contributed by atoms with Gasteiger partial charge in [-0.2, -0.15) is 13.2 Å². The molecule has 0 aromatic heterocycles. The minimum Gasteiger partial charge on any atom is -0.506 e. The Hall–Kier alpha value is -2.79. The van der Waals surface area contributed by atoms with Gasteiger partial charge in [0.25, 0.3) is 0 Å². The van der Waals surface area contributed by atoms with Crippen LogP contribution in [0.2, 0.25) is 0 Å². The Morgan fingerprint density at radius 1 is 1.11 bits per heavy atom. The van der Waals surface area contributed by atoms with Crippen molar-refractivity contribution in [3.05, 3.63) is 47.5 Å². The van der Waals surface area contributed by atoms with Crippen LogP contribution in [0.5, 0.6) is 5.75 Å². The molecule has 3 aliphatic rings. The van der Waals surface area contributed by atoms with Crippen LogP contribution in [0.1, 0.15) is 43.2 Å². The zero-order chi connectivity index (χ0) is 26.1. The second-order valence-electron chi connectivity index (χ2n) is 9.75. The van der Waals surface area contributed by atoms with E-state index in [9.17, 15) is 26.7 Å². The van der Waals surface area contributed by atoms with E-state index in [1.54, 1.807) is 18.2 Å². The number of aldehydes is 1. The standard InChI is InChI=1S/C23H29N3O3S.C2HF3O/c1-30(28,29)26-19-8-3-2-7-18(19)25-21-13-15-12-20-16-6-4-5-9-23(16,10-11-24-20)17(15)14-22(21)27;3-2(4,5)1-6/h2-3,7-8,13-14,16,20,24-27H,4-6,9-12H2,1H3;1H/t16-,20+,23+;/m1./s1. The number of hydrogen-bond acceptors (Lipinski definition) is 6. The number of alkyl halides is 3. The van der Waals surface area contributed by atoms with Crippen molar-refractivity contribution in [1.29, 1.82) is 0 Å². The third kappa shape index (κ3) is 5.62. The van der Waals surface area contributed by atoms with Crippen LogP contribution in [0.25, 0.3) is 0 Å². The second kappa shape index (κ2) is 9.93. The average molecular weight is 526 g/mol. The summed E-state index contributed by atoms with van der Waals surface area (Å²) in [6.45, 7) is 1.05. The van der Waals surface area contributed by atoms with Gasteiger partial charge in [0.05, 0.1) is 23.3 Å². The summed E-state index contributed by atoms with van der Waals surface area (Å²) in [6, 6.07) is 11.7. The molecule has 4 N–H and O–H groups in total. The van der Waals surface area contributed by atoms with Crippen molar-refractivity contribution in [2.75, 3.05) is 22.8 Å². The molecule has 0 radical (unpaired) electrons. The second-order valence-corrected chi connectivity index (χ2v) is 11.5. The smallest absolute Gasteiger partial charge is 0.446 e. The minimum absolute atomic E-state index is 0.188. The Morgan fingerprint density at radius 2 is 1.81 bits per heavy atom. The van der Waals surface area contributed by atoms with Gasteiger partial charge in [-0.25, -0.2) is 8.42 Å². The highest BCUT2D eigenvalue weighted by molar-refractivity contribution is 7.92. The molecule has 196 valence electrons. The molecule has 2 fully saturated rings. The minimum atomic E-state index is -4.64. The highest BCUT2D eigenvalue weighted by atomic mass is 32.2. The normalized spacial score (nSPS) is 24.9. The Balaban J connectivity index is 0.000000455. The lowest BCUT2D eigenvalue weighted by molar-refractivity contribution is -0.156. The van der Waals surface area contributed by atoms with Gasteiger partial charge < -0.3 is 15.7 Å². The van der Waals surface area contributed by atoms with Crippen LogP contribution < -0.4 is 15.4 Å². The summed E-state index contributed by atoms with van der Waals surface area (Å²) in [5, 5.41) is 17.9. The SMILES string of the molecule is CS(=O)(=O)Nc1ccccc1Nc1cc2c(cc1O)[C@]13CCCC[C@@H]1[C@H](C2)NCC3.O=CC(F)(F)F. The molecule has 2 aliphatic carbocycles. The molecule has 1 aliphatic heterocycles. The largest absolute Gasteiger partial charge is 0.506 e. The third-order valence-electron chi connectivity index (χ3n) is 7.38. The first-order valence-corrected chi connectivity index (χ1v) is 13.8. The summed E-state index contributed by atoms with van der Waals surface area (Å²) in [5.41, 5.74) is 4.49. The molecule has 1 heterocycles. The molecule has 3 atom stereocenters. The first kappa shape index (κ1) is 26.3. The van der Waals surface area contributed by atoms with Crippen LogP contribution in [0.4, 0.5) is 30.2 Å². The lowest BCUT2D eigenvalue weighted by Gasteiger charge is -2.56. The predicted octanol–water partition coefficient (Wildman–Crippen LogP) is 4.60. The van der Waals surface area contributed by atoms with E-state index in [1.807, 2.05) is 12.1 Å². The predicted molar refractivity (Wildman–Crippen MR) is 132 cm³/mol. The average Bonchev–Trinajstić information content (AvgIpc) is 2.80. The number of benzene rings is 2. The number of nitrogens with one attached hydrogen (secondary N) is 3. The van der Waals surface area contributed by atoms with Gasteiger partial charge in [0.2, 0.25) is 16.3 Å². The third-order valence-corrected chi connectivity index (χ3v) is 7.97. The van der Waals surface area contributed by atoms with Crippen molar-refractivity contribution in [3.8, 4) is 5.75 Å². The van der Waals surface area contributed by atoms with Crippen LogP contribution in [0.15, 0.2) is 36.4 Å². The number of hydrogen-bond donors (Lipinski definition) is 4. The number of carbonyl (C=O) groups excluding carboxylic acids is 1. The van der Waals surface area contributed by atoms with Gasteiger partial charge in [-0.3, -0.25) is 9.52 Å². The Bertz CT molecular complexity index is 1230. The van der Waals surface area contributed by atoms with Crippen molar-refractivity contribution in [1.82, 2.24) is 5.32 Å². The van der Waals surface area contributed by atoms with Crippen molar-refractivity contribution in [2.24, 2.45) is 5.92 Å². The number of aromatic hydroxyl groups is 1. The molecule has 0 amide bonds.